The van der Waals surface area contributed by atoms with Crippen LogP contribution in [0.2, 0.25) is 0 Å². The number of carbonyl (C=O) groups excluding carboxylic acids is 1. The molecule has 1 aromatic carbocycles. The highest BCUT2D eigenvalue weighted by Gasteiger charge is 2.25. The molecule has 4 rings (SSSR count). The van der Waals surface area contributed by atoms with Crippen molar-refractivity contribution in [2.45, 2.75) is 6.92 Å². The number of anilines is 1. The van der Waals surface area contributed by atoms with Crippen molar-refractivity contribution in [3.8, 4) is 28.8 Å². The fourth-order valence-corrected chi connectivity index (χ4v) is 3.43. The predicted molar refractivity (Wildman–Crippen MR) is 108 cm³/mol. The Labute approximate surface area is 169 Å². The van der Waals surface area contributed by atoms with Crippen molar-refractivity contribution in [3.63, 3.8) is 0 Å². The molecule has 4 aromatic rings. The number of nitriles is 1. The Bertz CT molecular complexity index is 1390. The van der Waals surface area contributed by atoms with Crippen molar-refractivity contribution in [1.29, 1.82) is 5.26 Å². The highest BCUT2D eigenvalue weighted by molar-refractivity contribution is 6.10. The normalized spacial score (nSPS) is 10.8. The average Bonchev–Trinajstić information content (AvgIpc) is 3.08. The van der Waals surface area contributed by atoms with Gasteiger partial charge < -0.3 is 16.6 Å². The summed E-state index contributed by atoms with van der Waals surface area (Å²) in [6.45, 7) is 1.67. The van der Waals surface area contributed by atoms with Gasteiger partial charge in [0.15, 0.2) is 17.3 Å². The van der Waals surface area contributed by atoms with Gasteiger partial charge in [0.05, 0.1) is 11.3 Å². The van der Waals surface area contributed by atoms with E-state index in [9.17, 15) is 19.6 Å². The number of primary amides is 1. The van der Waals surface area contributed by atoms with E-state index in [2.05, 4.69) is 16.0 Å². The van der Waals surface area contributed by atoms with E-state index in [0.29, 0.717) is 22.1 Å². The highest BCUT2D eigenvalue weighted by atomic mass is 19.1. The van der Waals surface area contributed by atoms with Crippen molar-refractivity contribution in [3.05, 3.63) is 65.4 Å². The van der Waals surface area contributed by atoms with Gasteiger partial charge in [-0.05, 0) is 36.2 Å². The lowest BCUT2D eigenvalue weighted by Gasteiger charge is -2.15. The molecule has 0 aliphatic rings. The molecule has 3 heterocycles. The minimum atomic E-state index is -0.888. The van der Waals surface area contributed by atoms with Crippen LogP contribution in [0.5, 0.6) is 5.75 Å². The van der Waals surface area contributed by atoms with Gasteiger partial charge >= 0.3 is 0 Å². The molecule has 1 amide bonds. The first kappa shape index (κ1) is 18.9. The monoisotopic (exact) mass is 402 g/mol. The number of benzene rings is 1. The van der Waals surface area contributed by atoms with Crippen LogP contribution in [0.4, 0.5) is 10.1 Å². The zero-order chi connectivity index (χ0) is 21.6. The SMILES string of the molecule is Cc1c(O)cccc1-c1c(N)c(C(N)=O)nc2c1c(C#N)cn2-c1ncccc1F. The van der Waals surface area contributed by atoms with Gasteiger partial charge in [-0.1, -0.05) is 12.1 Å². The molecule has 0 bridgehead atoms. The summed E-state index contributed by atoms with van der Waals surface area (Å²) in [5.41, 5.74) is 12.9. The number of pyridine rings is 2. The van der Waals surface area contributed by atoms with E-state index in [1.807, 2.05) is 0 Å². The Kier molecular flexibility index (Phi) is 4.32. The molecule has 5 N–H and O–H groups in total. The first-order valence-corrected chi connectivity index (χ1v) is 8.79. The van der Waals surface area contributed by atoms with Crippen LogP contribution in [0, 0.1) is 24.1 Å². The fourth-order valence-electron chi connectivity index (χ4n) is 3.43. The number of hydrogen-bond donors (Lipinski definition) is 3. The minimum Gasteiger partial charge on any atom is -0.508 e. The van der Waals surface area contributed by atoms with E-state index < -0.39 is 11.7 Å². The lowest BCUT2D eigenvalue weighted by Crippen LogP contribution is -2.17. The molecular formula is C21H15FN6O2. The van der Waals surface area contributed by atoms with Gasteiger partial charge in [-0.25, -0.2) is 14.4 Å². The number of nitrogens with two attached hydrogens (primary N) is 2. The smallest absolute Gasteiger partial charge is 0.269 e. The van der Waals surface area contributed by atoms with Crippen LogP contribution in [-0.4, -0.2) is 25.5 Å². The number of phenolic OH excluding ortho intramolecular Hbond substituents is 1. The fraction of sp³-hybridized carbons (Fsp3) is 0.0476. The van der Waals surface area contributed by atoms with Gasteiger partial charge in [-0.15, -0.1) is 0 Å². The van der Waals surface area contributed by atoms with E-state index in [0.717, 1.165) is 0 Å². The zero-order valence-corrected chi connectivity index (χ0v) is 15.7. The van der Waals surface area contributed by atoms with Gasteiger partial charge in [0.1, 0.15) is 17.5 Å². The van der Waals surface area contributed by atoms with E-state index in [4.69, 9.17) is 11.5 Å². The van der Waals surface area contributed by atoms with Crippen LogP contribution in [0.15, 0.2) is 42.7 Å². The molecule has 30 heavy (non-hydrogen) atoms. The largest absolute Gasteiger partial charge is 0.508 e. The number of halogens is 1. The number of hydrogen-bond acceptors (Lipinski definition) is 6. The van der Waals surface area contributed by atoms with Gasteiger partial charge in [0.2, 0.25) is 0 Å². The third-order valence-corrected chi connectivity index (χ3v) is 4.87. The number of carbonyl (C=O) groups is 1. The molecule has 0 saturated heterocycles. The van der Waals surface area contributed by atoms with E-state index in [-0.39, 0.29) is 34.2 Å². The van der Waals surface area contributed by atoms with Crippen molar-refractivity contribution in [2.24, 2.45) is 5.73 Å². The third-order valence-electron chi connectivity index (χ3n) is 4.87. The maximum atomic E-state index is 14.5. The number of nitrogens with zero attached hydrogens (tertiary/aromatic N) is 4. The van der Waals surface area contributed by atoms with E-state index >= 15 is 0 Å². The average molecular weight is 402 g/mol. The van der Waals surface area contributed by atoms with Gasteiger partial charge in [0.25, 0.3) is 5.91 Å². The Hall–Kier alpha value is -4.45. The number of amides is 1. The number of phenols is 1. The third kappa shape index (κ3) is 2.70. The summed E-state index contributed by atoms with van der Waals surface area (Å²) >= 11 is 0. The van der Waals surface area contributed by atoms with Crippen molar-refractivity contribution in [1.82, 2.24) is 14.5 Å². The molecule has 8 nitrogen and oxygen atoms in total. The predicted octanol–water partition coefficient (Wildman–Crippen LogP) is 2.79. The lowest BCUT2D eigenvalue weighted by molar-refractivity contribution is 0.0997. The summed E-state index contributed by atoms with van der Waals surface area (Å²) in [6, 6.07) is 9.49. The molecule has 148 valence electrons. The number of rotatable bonds is 3. The Morgan fingerprint density at radius 2 is 2.07 bits per heavy atom. The maximum absolute atomic E-state index is 14.5. The molecule has 0 unspecified atom stereocenters. The quantitative estimate of drug-likeness (QED) is 0.481. The number of aromatic nitrogens is 3. The molecule has 9 heteroatoms. The Morgan fingerprint density at radius 1 is 1.30 bits per heavy atom. The molecule has 0 saturated carbocycles. The Morgan fingerprint density at radius 3 is 2.73 bits per heavy atom. The standard InChI is InChI=1S/C21H15FN6O2/c1-10-12(4-2-6-14(10)29)16-15-11(8-23)9-28(20-13(22)5-3-7-26-20)21(15)27-18(17(16)24)19(25)30/h2-7,9,29H,24H2,1H3,(H2,25,30). The first-order valence-electron chi connectivity index (χ1n) is 8.79. The zero-order valence-electron chi connectivity index (χ0n) is 15.7. The first-order chi connectivity index (χ1) is 14.3. The topological polar surface area (TPSA) is 144 Å². The van der Waals surface area contributed by atoms with Crippen LogP contribution in [0.3, 0.4) is 0 Å². The van der Waals surface area contributed by atoms with Crippen LogP contribution in [-0.2, 0) is 0 Å². The van der Waals surface area contributed by atoms with Crippen LogP contribution in [0.1, 0.15) is 21.6 Å². The second-order valence-electron chi connectivity index (χ2n) is 6.60. The summed E-state index contributed by atoms with van der Waals surface area (Å²) < 4.78 is 15.7. The minimum absolute atomic E-state index is 0.00574. The van der Waals surface area contributed by atoms with Crippen LogP contribution in [0.25, 0.3) is 28.0 Å². The Balaban J connectivity index is 2.24. The van der Waals surface area contributed by atoms with Crippen molar-refractivity contribution in [2.75, 3.05) is 5.73 Å². The summed E-state index contributed by atoms with van der Waals surface area (Å²) in [5.74, 6) is -1.63. The van der Waals surface area contributed by atoms with Gasteiger partial charge in [-0.2, -0.15) is 5.26 Å². The lowest BCUT2D eigenvalue weighted by atomic mass is 9.94. The van der Waals surface area contributed by atoms with Crippen LogP contribution >= 0.6 is 0 Å². The number of aromatic hydroxyl groups is 1. The van der Waals surface area contributed by atoms with Crippen molar-refractivity contribution >= 4 is 22.6 Å². The van der Waals surface area contributed by atoms with Crippen LogP contribution < -0.4 is 11.5 Å². The van der Waals surface area contributed by atoms with Crippen molar-refractivity contribution < 1.29 is 14.3 Å². The maximum Gasteiger partial charge on any atom is 0.269 e. The number of nitrogen functional groups attached to an aromatic ring is 1. The molecule has 0 atom stereocenters. The molecule has 0 aliphatic carbocycles. The molecular weight excluding hydrogens is 387 g/mol. The summed E-state index contributed by atoms with van der Waals surface area (Å²) in [6.07, 6.45) is 2.76. The van der Waals surface area contributed by atoms with Gasteiger partial charge in [-0.3, -0.25) is 9.36 Å². The van der Waals surface area contributed by atoms with E-state index in [1.165, 1.54) is 35.2 Å². The molecule has 3 aromatic heterocycles. The molecule has 0 fully saturated rings. The molecule has 0 aliphatic heterocycles. The second kappa shape index (κ2) is 6.86. The highest BCUT2D eigenvalue weighted by Crippen LogP contribution is 2.41. The number of fused-ring (bicyclic) bond motifs is 1. The molecule has 0 radical (unpaired) electrons. The van der Waals surface area contributed by atoms with Gasteiger partial charge in [0, 0.05) is 23.3 Å². The summed E-state index contributed by atoms with van der Waals surface area (Å²) in [7, 11) is 0. The van der Waals surface area contributed by atoms with E-state index in [1.54, 1.807) is 19.1 Å². The summed E-state index contributed by atoms with van der Waals surface area (Å²) in [4.78, 5) is 20.3. The molecule has 0 spiro atoms. The second-order valence-corrected chi connectivity index (χ2v) is 6.60. The summed E-state index contributed by atoms with van der Waals surface area (Å²) in [5, 5.41) is 20.2.